The van der Waals surface area contributed by atoms with Crippen molar-refractivity contribution in [3.63, 3.8) is 0 Å². The van der Waals surface area contributed by atoms with E-state index in [9.17, 15) is 4.79 Å². The molecule has 0 saturated carbocycles. The van der Waals surface area contributed by atoms with Gasteiger partial charge in [-0.25, -0.2) is 4.79 Å². The number of anilines is 3. The van der Waals surface area contributed by atoms with Crippen LogP contribution in [-0.4, -0.2) is 35.9 Å². The van der Waals surface area contributed by atoms with Gasteiger partial charge in [-0.3, -0.25) is 0 Å². The maximum atomic E-state index is 12.5. The largest absolute Gasteiger partial charge is 0.492 e. The van der Waals surface area contributed by atoms with Crippen molar-refractivity contribution in [1.29, 1.82) is 0 Å². The van der Waals surface area contributed by atoms with Gasteiger partial charge in [0.1, 0.15) is 5.75 Å². The molecule has 32 heavy (non-hydrogen) atoms. The lowest BCUT2D eigenvalue weighted by Gasteiger charge is -2.20. The predicted octanol–water partition coefficient (Wildman–Crippen LogP) is 5.57. The predicted molar refractivity (Wildman–Crippen MR) is 128 cm³/mol. The highest BCUT2D eigenvalue weighted by Crippen LogP contribution is 2.25. The molecule has 3 aromatic rings. The van der Waals surface area contributed by atoms with Gasteiger partial charge in [0.15, 0.2) is 5.82 Å². The number of amides is 2. The van der Waals surface area contributed by atoms with E-state index in [4.69, 9.17) is 4.74 Å². The Labute approximate surface area is 188 Å². The lowest BCUT2D eigenvalue weighted by Crippen LogP contribution is -2.25. The minimum absolute atomic E-state index is 0.336. The van der Waals surface area contributed by atoms with Crippen LogP contribution in [0.2, 0.25) is 0 Å². The average Bonchev–Trinajstić information content (AvgIpc) is 3.10. The lowest BCUT2D eigenvalue weighted by atomic mass is 10.1. The molecule has 1 aromatic heterocycles. The molecule has 1 aliphatic heterocycles. The van der Waals surface area contributed by atoms with Crippen molar-refractivity contribution in [2.24, 2.45) is 0 Å². The van der Waals surface area contributed by atoms with Crippen molar-refractivity contribution in [2.45, 2.75) is 32.6 Å². The van der Waals surface area contributed by atoms with Crippen molar-refractivity contribution in [2.75, 3.05) is 35.2 Å². The summed E-state index contributed by atoms with van der Waals surface area (Å²) < 4.78 is 5.56. The molecule has 1 fully saturated rings. The van der Waals surface area contributed by atoms with E-state index in [0.29, 0.717) is 23.7 Å². The topological polar surface area (TPSA) is 79.4 Å². The molecule has 166 valence electrons. The van der Waals surface area contributed by atoms with Gasteiger partial charge >= 0.3 is 6.03 Å². The van der Waals surface area contributed by atoms with Crippen LogP contribution in [0.15, 0.2) is 60.7 Å². The number of para-hydroxylation sites is 2. The first-order chi connectivity index (χ1) is 15.7. The first-order valence-electron chi connectivity index (χ1n) is 11.2. The van der Waals surface area contributed by atoms with Gasteiger partial charge in [-0.2, -0.15) is 0 Å². The van der Waals surface area contributed by atoms with Crippen molar-refractivity contribution in [3.8, 4) is 17.0 Å². The van der Waals surface area contributed by atoms with Crippen molar-refractivity contribution in [1.82, 2.24) is 10.2 Å². The van der Waals surface area contributed by atoms with Crippen LogP contribution in [0.5, 0.6) is 5.75 Å². The van der Waals surface area contributed by atoms with Gasteiger partial charge in [0.2, 0.25) is 0 Å². The minimum Gasteiger partial charge on any atom is -0.492 e. The molecule has 2 heterocycles. The number of carbonyl (C=O) groups excluding carboxylic acids is 1. The Hall–Kier alpha value is -3.61. The number of hydrogen-bond acceptors (Lipinski definition) is 5. The van der Waals surface area contributed by atoms with Crippen LogP contribution < -0.4 is 20.3 Å². The first kappa shape index (κ1) is 21.6. The van der Waals surface area contributed by atoms with Crippen molar-refractivity contribution in [3.05, 3.63) is 60.7 Å². The Balaban J connectivity index is 1.42. The average molecular weight is 432 g/mol. The minimum atomic E-state index is -0.336. The van der Waals surface area contributed by atoms with E-state index < -0.39 is 0 Å². The van der Waals surface area contributed by atoms with Crippen LogP contribution >= 0.6 is 0 Å². The number of hydrogen-bond donors (Lipinski definition) is 2. The molecule has 2 aromatic carbocycles. The number of benzene rings is 2. The second kappa shape index (κ2) is 10.6. The normalized spacial score (nSPS) is 13.8. The lowest BCUT2D eigenvalue weighted by molar-refractivity contribution is 0.262. The van der Waals surface area contributed by atoms with Crippen LogP contribution in [0.25, 0.3) is 11.3 Å². The van der Waals surface area contributed by atoms with Crippen LogP contribution in [-0.2, 0) is 0 Å². The number of nitrogens with one attached hydrogen (secondary N) is 2. The fraction of sp³-hybridized carbons (Fsp3) is 0.320. The Morgan fingerprint density at radius 3 is 2.50 bits per heavy atom. The summed E-state index contributed by atoms with van der Waals surface area (Å²) in [6.07, 6.45) is 4.97. The number of carbonyl (C=O) groups is 1. The zero-order valence-corrected chi connectivity index (χ0v) is 18.4. The van der Waals surface area contributed by atoms with Gasteiger partial charge in [-0.1, -0.05) is 37.1 Å². The van der Waals surface area contributed by atoms with Gasteiger partial charge in [-0.15, -0.1) is 10.2 Å². The molecule has 2 amide bonds. The number of nitrogens with zero attached hydrogens (tertiary/aromatic N) is 3. The fourth-order valence-electron chi connectivity index (χ4n) is 3.84. The smallest absolute Gasteiger partial charge is 0.323 e. The summed E-state index contributed by atoms with van der Waals surface area (Å²) in [6, 6.07) is 18.6. The zero-order valence-electron chi connectivity index (χ0n) is 18.4. The number of ether oxygens (including phenoxy) is 1. The van der Waals surface area contributed by atoms with Gasteiger partial charge in [0.25, 0.3) is 0 Å². The molecule has 0 unspecified atom stereocenters. The summed E-state index contributed by atoms with van der Waals surface area (Å²) >= 11 is 0. The summed E-state index contributed by atoms with van der Waals surface area (Å²) in [5.74, 6) is 1.57. The van der Waals surface area contributed by atoms with E-state index in [2.05, 4.69) is 25.7 Å². The highest BCUT2D eigenvalue weighted by molar-refractivity contribution is 6.01. The Bertz CT molecular complexity index is 1030. The van der Waals surface area contributed by atoms with Crippen LogP contribution in [0.3, 0.4) is 0 Å². The number of urea groups is 1. The SMILES string of the molecule is CCOc1ccccc1NC(=O)Nc1cccc(-c2ccc(N3CCCCCC3)nn2)c1. The molecular weight excluding hydrogens is 402 g/mol. The zero-order chi connectivity index (χ0) is 22.2. The van der Waals surface area contributed by atoms with E-state index in [0.717, 1.165) is 30.2 Å². The maximum absolute atomic E-state index is 12.5. The molecule has 1 saturated heterocycles. The van der Waals surface area contributed by atoms with E-state index in [1.807, 2.05) is 67.6 Å². The Morgan fingerprint density at radius 2 is 1.75 bits per heavy atom. The van der Waals surface area contributed by atoms with Gasteiger partial charge < -0.3 is 20.3 Å². The number of aromatic nitrogens is 2. The molecule has 0 spiro atoms. The van der Waals surface area contributed by atoms with Crippen LogP contribution in [0, 0.1) is 0 Å². The molecule has 4 rings (SSSR count). The third-order valence-corrected chi connectivity index (χ3v) is 5.43. The molecule has 7 heteroatoms. The molecular formula is C25H29N5O2. The quantitative estimate of drug-likeness (QED) is 0.534. The summed E-state index contributed by atoms with van der Waals surface area (Å²) in [5, 5.41) is 14.6. The van der Waals surface area contributed by atoms with Crippen molar-refractivity contribution >= 4 is 23.2 Å². The second-order valence-electron chi connectivity index (χ2n) is 7.77. The summed E-state index contributed by atoms with van der Waals surface area (Å²) in [6.45, 7) is 4.51. The summed E-state index contributed by atoms with van der Waals surface area (Å²) in [7, 11) is 0. The number of rotatable bonds is 6. The van der Waals surface area contributed by atoms with Gasteiger partial charge in [0, 0.05) is 24.3 Å². The van der Waals surface area contributed by atoms with Gasteiger partial charge in [0.05, 0.1) is 18.0 Å². The standard InChI is InChI=1S/C25H29N5O2/c1-2-32-23-13-6-5-12-22(23)27-25(31)26-20-11-9-10-19(18-20)21-14-15-24(29-28-21)30-16-7-3-4-8-17-30/h5-6,9-15,18H,2-4,7-8,16-17H2,1H3,(H2,26,27,31). The Kier molecular flexibility index (Phi) is 7.17. The van der Waals surface area contributed by atoms with Crippen molar-refractivity contribution < 1.29 is 9.53 Å². The molecule has 0 radical (unpaired) electrons. The Morgan fingerprint density at radius 1 is 0.938 bits per heavy atom. The monoisotopic (exact) mass is 431 g/mol. The van der Waals surface area contributed by atoms with E-state index >= 15 is 0 Å². The van der Waals surface area contributed by atoms with E-state index in [1.165, 1.54) is 25.7 Å². The highest BCUT2D eigenvalue weighted by Gasteiger charge is 2.12. The molecule has 1 aliphatic rings. The third kappa shape index (κ3) is 5.55. The fourth-order valence-corrected chi connectivity index (χ4v) is 3.84. The molecule has 2 N–H and O–H groups in total. The maximum Gasteiger partial charge on any atom is 0.323 e. The molecule has 0 atom stereocenters. The van der Waals surface area contributed by atoms with Crippen LogP contribution in [0.1, 0.15) is 32.6 Å². The summed E-state index contributed by atoms with van der Waals surface area (Å²) in [5.41, 5.74) is 2.96. The van der Waals surface area contributed by atoms with E-state index in [1.54, 1.807) is 0 Å². The third-order valence-electron chi connectivity index (χ3n) is 5.43. The molecule has 7 nitrogen and oxygen atoms in total. The van der Waals surface area contributed by atoms with Gasteiger partial charge in [-0.05, 0) is 56.2 Å². The second-order valence-corrected chi connectivity index (χ2v) is 7.77. The van der Waals surface area contributed by atoms with E-state index in [-0.39, 0.29) is 6.03 Å². The summed E-state index contributed by atoms with van der Waals surface area (Å²) in [4.78, 5) is 14.8. The first-order valence-corrected chi connectivity index (χ1v) is 11.2. The highest BCUT2D eigenvalue weighted by atomic mass is 16.5. The molecule has 0 aliphatic carbocycles. The molecule has 0 bridgehead atoms. The van der Waals surface area contributed by atoms with Crippen LogP contribution in [0.4, 0.5) is 22.0 Å².